The van der Waals surface area contributed by atoms with Crippen molar-refractivity contribution in [1.82, 2.24) is 5.16 Å². The first-order valence-corrected chi connectivity index (χ1v) is 7.19. The quantitative estimate of drug-likeness (QED) is 0.772. The number of aryl methyl sites for hydroxylation is 1. The van der Waals surface area contributed by atoms with Crippen LogP contribution < -0.4 is 14.8 Å². The molecule has 2 rings (SSSR count). The van der Waals surface area contributed by atoms with Crippen LogP contribution in [0.5, 0.6) is 11.6 Å². The smallest absolute Gasteiger partial charge is 0.345 e. The lowest BCUT2D eigenvalue weighted by Crippen LogP contribution is -2.31. The maximum absolute atomic E-state index is 12.1. The molecule has 0 unspecified atom stereocenters. The summed E-state index contributed by atoms with van der Waals surface area (Å²) in [7, 11) is 1.50. The number of rotatable bonds is 7. The van der Waals surface area contributed by atoms with Gasteiger partial charge in [-0.2, -0.15) is 0 Å². The number of carbonyl (C=O) groups is 2. The van der Waals surface area contributed by atoms with Crippen molar-refractivity contribution in [3.05, 3.63) is 36.1 Å². The maximum atomic E-state index is 12.1. The number of esters is 1. The van der Waals surface area contributed by atoms with Crippen LogP contribution in [0.25, 0.3) is 0 Å². The number of methoxy groups -OCH3 is 1. The zero-order chi connectivity index (χ0) is 17.5. The lowest BCUT2D eigenvalue weighted by Gasteiger charge is -2.15. The molecule has 0 aliphatic rings. The predicted octanol–water partition coefficient (Wildman–Crippen LogP) is 1.94. The molecular formula is C16H18N2O6. The first-order valence-electron chi connectivity index (χ1n) is 7.19. The molecule has 8 heteroatoms. The second kappa shape index (κ2) is 8.00. The minimum atomic E-state index is -0.995. The van der Waals surface area contributed by atoms with Crippen LogP contribution in [0.4, 0.5) is 5.69 Å². The fourth-order valence-electron chi connectivity index (χ4n) is 1.81. The predicted molar refractivity (Wildman–Crippen MR) is 83.9 cm³/mol. The molecule has 0 radical (unpaired) electrons. The van der Waals surface area contributed by atoms with Crippen molar-refractivity contribution in [3.63, 3.8) is 0 Å². The first kappa shape index (κ1) is 17.3. The van der Waals surface area contributed by atoms with Crippen LogP contribution in [-0.4, -0.2) is 36.9 Å². The minimum Gasteiger partial charge on any atom is -0.495 e. The van der Waals surface area contributed by atoms with Crippen LogP contribution in [0.3, 0.4) is 0 Å². The summed E-state index contributed by atoms with van der Waals surface area (Å²) in [6, 6.07) is 8.45. The largest absolute Gasteiger partial charge is 0.495 e. The standard InChI is InChI=1S/C16H18N2O6/c1-10-8-14(18-24-10)22-9-15(19)23-11(2)16(20)17-12-6-4-5-7-13(12)21-3/h4-8,11H,9H2,1-3H3,(H,17,20)/t11-/m0/s1. The molecule has 1 aromatic carbocycles. The van der Waals surface area contributed by atoms with Gasteiger partial charge in [0.15, 0.2) is 12.7 Å². The van der Waals surface area contributed by atoms with Crippen LogP contribution in [0.15, 0.2) is 34.9 Å². The van der Waals surface area contributed by atoms with Gasteiger partial charge in [-0.05, 0) is 31.1 Å². The third kappa shape index (κ3) is 4.73. The molecular weight excluding hydrogens is 316 g/mol. The Morgan fingerprint density at radius 2 is 2.08 bits per heavy atom. The Bertz CT molecular complexity index is 712. The summed E-state index contributed by atoms with van der Waals surface area (Å²) in [5.41, 5.74) is 0.488. The molecule has 0 aliphatic carbocycles. The topological polar surface area (TPSA) is 99.9 Å². The van der Waals surface area contributed by atoms with Gasteiger partial charge in [0.05, 0.1) is 12.8 Å². The number of benzene rings is 1. The van der Waals surface area contributed by atoms with Gasteiger partial charge in [-0.15, -0.1) is 0 Å². The fraction of sp³-hybridized carbons (Fsp3) is 0.312. The van der Waals surface area contributed by atoms with Gasteiger partial charge >= 0.3 is 5.97 Å². The number of hydrogen-bond acceptors (Lipinski definition) is 7. The number of nitrogens with one attached hydrogen (secondary N) is 1. The molecule has 1 atom stereocenters. The average Bonchev–Trinajstić information content (AvgIpc) is 2.99. The Hall–Kier alpha value is -3.03. The maximum Gasteiger partial charge on any atom is 0.345 e. The van der Waals surface area contributed by atoms with E-state index in [4.69, 9.17) is 18.7 Å². The molecule has 128 valence electrons. The van der Waals surface area contributed by atoms with E-state index in [0.717, 1.165) is 0 Å². The van der Waals surface area contributed by atoms with E-state index in [1.165, 1.54) is 20.1 Å². The second-order valence-electron chi connectivity index (χ2n) is 4.89. The number of ether oxygens (including phenoxy) is 3. The van der Waals surface area contributed by atoms with Gasteiger partial charge in [0.1, 0.15) is 11.5 Å². The lowest BCUT2D eigenvalue weighted by atomic mass is 10.2. The van der Waals surface area contributed by atoms with Crippen molar-refractivity contribution in [2.75, 3.05) is 19.0 Å². The van der Waals surface area contributed by atoms with Crippen molar-refractivity contribution < 1.29 is 28.3 Å². The summed E-state index contributed by atoms with van der Waals surface area (Å²) in [5, 5.41) is 6.21. The number of hydrogen-bond donors (Lipinski definition) is 1. The Morgan fingerprint density at radius 3 is 2.75 bits per heavy atom. The Labute approximate surface area is 138 Å². The van der Waals surface area contributed by atoms with Gasteiger partial charge in [-0.25, -0.2) is 4.79 Å². The zero-order valence-electron chi connectivity index (χ0n) is 13.6. The van der Waals surface area contributed by atoms with Crippen LogP contribution in [0.1, 0.15) is 12.7 Å². The molecule has 1 aromatic heterocycles. The zero-order valence-corrected chi connectivity index (χ0v) is 13.6. The van der Waals surface area contributed by atoms with Gasteiger partial charge in [-0.1, -0.05) is 12.1 Å². The normalized spacial score (nSPS) is 11.5. The van der Waals surface area contributed by atoms with Crippen molar-refractivity contribution in [3.8, 4) is 11.6 Å². The number of nitrogens with zero attached hydrogens (tertiary/aromatic N) is 1. The van der Waals surface area contributed by atoms with Crippen LogP contribution in [-0.2, 0) is 14.3 Å². The van der Waals surface area contributed by atoms with E-state index in [1.54, 1.807) is 31.2 Å². The molecule has 0 spiro atoms. The molecule has 1 N–H and O–H groups in total. The molecule has 0 saturated carbocycles. The van der Waals surface area contributed by atoms with E-state index in [9.17, 15) is 9.59 Å². The molecule has 0 bridgehead atoms. The SMILES string of the molecule is COc1ccccc1NC(=O)[C@H](C)OC(=O)COc1cc(C)on1. The van der Waals surface area contributed by atoms with E-state index in [0.29, 0.717) is 17.2 Å². The van der Waals surface area contributed by atoms with E-state index < -0.39 is 18.0 Å². The Balaban J connectivity index is 1.83. The average molecular weight is 334 g/mol. The van der Waals surface area contributed by atoms with Crippen LogP contribution in [0, 0.1) is 6.92 Å². The Morgan fingerprint density at radius 1 is 1.33 bits per heavy atom. The Kier molecular flexibility index (Phi) is 5.78. The van der Waals surface area contributed by atoms with Gasteiger partial charge in [-0.3, -0.25) is 4.79 Å². The monoisotopic (exact) mass is 334 g/mol. The van der Waals surface area contributed by atoms with E-state index in [1.807, 2.05) is 0 Å². The highest BCUT2D eigenvalue weighted by atomic mass is 16.6. The van der Waals surface area contributed by atoms with Crippen molar-refractivity contribution >= 4 is 17.6 Å². The van der Waals surface area contributed by atoms with Crippen LogP contribution >= 0.6 is 0 Å². The molecule has 0 fully saturated rings. The van der Waals surface area contributed by atoms with Crippen molar-refractivity contribution in [2.24, 2.45) is 0 Å². The summed E-state index contributed by atoms with van der Waals surface area (Å²) in [6.45, 7) is 2.78. The molecule has 0 aliphatic heterocycles. The van der Waals surface area contributed by atoms with Gasteiger partial charge < -0.3 is 24.1 Å². The molecule has 24 heavy (non-hydrogen) atoms. The first-order chi connectivity index (χ1) is 11.5. The third-order valence-electron chi connectivity index (χ3n) is 2.99. The van der Waals surface area contributed by atoms with Crippen molar-refractivity contribution in [2.45, 2.75) is 20.0 Å². The van der Waals surface area contributed by atoms with E-state index in [2.05, 4.69) is 10.5 Å². The van der Waals surface area contributed by atoms with Crippen molar-refractivity contribution in [1.29, 1.82) is 0 Å². The summed E-state index contributed by atoms with van der Waals surface area (Å²) >= 11 is 0. The van der Waals surface area contributed by atoms with E-state index >= 15 is 0 Å². The van der Waals surface area contributed by atoms with E-state index in [-0.39, 0.29) is 12.5 Å². The molecule has 2 aromatic rings. The minimum absolute atomic E-state index is 0.176. The second-order valence-corrected chi connectivity index (χ2v) is 4.89. The molecule has 1 heterocycles. The summed E-state index contributed by atoms with van der Waals surface area (Å²) < 4.78 is 20.0. The summed E-state index contributed by atoms with van der Waals surface area (Å²) in [5.74, 6) is 0.0658. The number of aromatic nitrogens is 1. The summed E-state index contributed by atoms with van der Waals surface area (Å²) in [4.78, 5) is 23.8. The fourth-order valence-corrected chi connectivity index (χ4v) is 1.81. The summed E-state index contributed by atoms with van der Waals surface area (Å²) in [6.07, 6.45) is -0.995. The lowest BCUT2D eigenvalue weighted by molar-refractivity contribution is -0.155. The molecule has 1 amide bonds. The number of anilines is 1. The number of carbonyl (C=O) groups excluding carboxylic acids is 2. The van der Waals surface area contributed by atoms with Gasteiger partial charge in [0.2, 0.25) is 0 Å². The number of para-hydroxylation sites is 2. The highest BCUT2D eigenvalue weighted by Crippen LogP contribution is 2.23. The number of amides is 1. The van der Waals surface area contributed by atoms with Gasteiger partial charge in [0, 0.05) is 6.07 Å². The van der Waals surface area contributed by atoms with Crippen LogP contribution in [0.2, 0.25) is 0 Å². The highest BCUT2D eigenvalue weighted by molar-refractivity contribution is 5.96. The third-order valence-corrected chi connectivity index (χ3v) is 2.99. The molecule has 0 saturated heterocycles. The van der Waals surface area contributed by atoms with Gasteiger partial charge in [0.25, 0.3) is 11.8 Å². The molecule has 8 nitrogen and oxygen atoms in total. The highest BCUT2D eigenvalue weighted by Gasteiger charge is 2.19.